The number of rotatable bonds is 36. The fourth-order valence-electron chi connectivity index (χ4n) is 6.34. The first-order valence-corrected chi connectivity index (χ1v) is 19.8. The SMILES string of the molecule is CCCCCCCCCCCCCCCCCCCC(O)[C@@H](O)C(CO)NC(=O)CCCCCCCCCCCCCCC. The molecule has 0 saturated carbocycles. The van der Waals surface area contributed by atoms with Crippen molar-refractivity contribution in [2.75, 3.05) is 6.61 Å². The first-order chi connectivity index (χ1) is 21.6. The molecule has 0 saturated heterocycles. The molecule has 0 fully saturated rings. The van der Waals surface area contributed by atoms with Crippen molar-refractivity contribution in [1.82, 2.24) is 5.32 Å². The Balaban J connectivity index is 3.62. The van der Waals surface area contributed by atoms with Gasteiger partial charge in [-0.2, -0.15) is 0 Å². The summed E-state index contributed by atoms with van der Waals surface area (Å²) in [6, 6.07) is -0.801. The summed E-state index contributed by atoms with van der Waals surface area (Å²) in [7, 11) is 0. The van der Waals surface area contributed by atoms with Gasteiger partial charge in [-0.25, -0.2) is 0 Å². The highest BCUT2D eigenvalue weighted by Gasteiger charge is 2.26. The van der Waals surface area contributed by atoms with E-state index in [1.807, 2.05) is 0 Å². The minimum atomic E-state index is -1.13. The molecule has 0 heterocycles. The zero-order valence-electron chi connectivity index (χ0n) is 29.8. The van der Waals surface area contributed by atoms with Gasteiger partial charge in [-0.1, -0.05) is 200 Å². The fourth-order valence-corrected chi connectivity index (χ4v) is 6.34. The summed E-state index contributed by atoms with van der Waals surface area (Å²) in [5.74, 6) is -0.142. The zero-order valence-corrected chi connectivity index (χ0v) is 29.8. The second-order valence-corrected chi connectivity index (χ2v) is 13.9. The number of nitrogens with one attached hydrogen (secondary N) is 1. The molecule has 0 rings (SSSR count). The van der Waals surface area contributed by atoms with Crippen LogP contribution in [-0.4, -0.2) is 46.1 Å². The van der Waals surface area contributed by atoms with Crippen molar-refractivity contribution in [3.8, 4) is 0 Å². The lowest BCUT2D eigenvalue weighted by atomic mass is 9.99. The molecule has 0 bridgehead atoms. The first kappa shape index (κ1) is 43.4. The molecule has 5 heteroatoms. The van der Waals surface area contributed by atoms with Gasteiger partial charge in [0.05, 0.1) is 18.8 Å². The normalized spacial score (nSPS) is 13.7. The number of amides is 1. The minimum Gasteiger partial charge on any atom is -0.394 e. The van der Waals surface area contributed by atoms with Crippen molar-refractivity contribution in [1.29, 1.82) is 0 Å². The van der Waals surface area contributed by atoms with Crippen molar-refractivity contribution in [2.45, 2.75) is 238 Å². The monoisotopic (exact) mass is 626 g/mol. The molecule has 1 amide bonds. The van der Waals surface area contributed by atoms with Crippen LogP contribution in [0.4, 0.5) is 0 Å². The molecule has 44 heavy (non-hydrogen) atoms. The van der Waals surface area contributed by atoms with E-state index in [2.05, 4.69) is 19.2 Å². The topological polar surface area (TPSA) is 89.8 Å². The summed E-state index contributed by atoms with van der Waals surface area (Å²) >= 11 is 0. The van der Waals surface area contributed by atoms with E-state index in [1.165, 1.54) is 161 Å². The van der Waals surface area contributed by atoms with E-state index in [0.29, 0.717) is 12.8 Å². The molecule has 0 spiro atoms. The molecule has 0 aliphatic carbocycles. The first-order valence-electron chi connectivity index (χ1n) is 19.8. The van der Waals surface area contributed by atoms with Gasteiger partial charge in [0.2, 0.25) is 5.91 Å². The molecule has 0 aliphatic heterocycles. The highest BCUT2D eigenvalue weighted by Crippen LogP contribution is 2.16. The van der Waals surface area contributed by atoms with E-state index in [4.69, 9.17) is 0 Å². The summed E-state index contributed by atoms with van der Waals surface area (Å²) in [6.45, 7) is 4.18. The van der Waals surface area contributed by atoms with E-state index >= 15 is 0 Å². The van der Waals surface area contributed by atoms with Gasteiger partial charge in [0, 0.05) is 6.42 Å². The average Bonchev–Trinajstić information content (AvgIpc) is 3.03. The molecule has 0 aromatic carbocycles. The quantitative estimate of drug-likeness (QED) is 0.0521. The molecule has 0 aliphatic rings. The summed E-state index contributed by atoms with van der Waals surface area (Å²) in [4.78, 5) is 12.4. The van der Waals surface area contributed by atoms with Crippen LogP contribution in [0.2, 0.25) is 0 Å². The predicted octanol–water partition coefficient (Wildman–Crippen LogP) is 10.7. The maximum Gasteiger partial charge on any atom is 0.220 e. The number of carbonyl (C=O) groups is 1. The second-order valence-electron chi connectivity index (χ2n) is 13.9. The van der Waals surface area contributed by atoms with E-state index in [1.54, 1.807) is 0 Å². The highest BCUT2D eigenvalue weighted by molar-refractivity contribution is 5.76. The number of hydrogen-bond acceptors (Lipinski definition) is 4. The third-order valence-corrected chi connectivity index (χ3v) is 9.46. The molecule has 0 aromatic heterocycles. The van der Waals surface area contributed by atoms with Gasteiger partial charge >= 0.3 is 0 Å². The van der Waals surface area contributed by atoms with Gasteiger partial charge in [-0.3, -0.25) is 4.79 Å². The van der Waals surface area contributed by atoms with Gasteiger partial charge in [-0.05, 0) is 12.8 Å². The van der Waals surface area contributed by atoms with Crippen LogP contribution >= 0.6 is 0 Å². The van der Waals surface area contributed by atoms with Crippen LogP contribution in [0.3, 0.4) is 0 Å². The lowest BCUT2D eigenvalue weighted by molar-refractivity contribution is -0.124. The Bertz CT molecular complexity index is 572. The van der Waals surface area contributed by atoms with Crippen LogP contribution in [0.25, 0.3) is 0 Å². The standard InChI is InChI=1S/C39H79NO4/c1-3-5-7-9-11-13-15-17-18-19-20-22-23-25-27-29-31-33-37(42)39(44)36(35-41)40-38(43)34-32-30-28-26-24-21-16-14-12-10-8-6-4-2/h36-37,39,41-42,44H,3-35H2,1-2H3,(H,40,43)/t36?,37?,39-/m0/s1. The van der Waals surface area contributed by atoms with Gasteiger partial charge < -0.3 is 20.6 Å². The molecule has 2 unspecified atom stereocenters. The van der Waals surface area contributed by atoms with E-state index in [0.717, 1.165) is 32.1 Å². The van der Waals surface area contributed by atoms with Crippen molar-refractivity contribution in [2.24, 2.45) is 0 Å². The van der Waals surface area contributed by atoms with Crippen LogP contribution < -0.4 is 5.32 Å². The Kier molecular flexibility index (Phi) is 34.7. The third kappa shape index (κ3) is 30.0. The summed E-state index contributed by atoms with van der Waals surface area (Å²) < 4.78 is 0. The summed E-state index contributed by atoms with van der Waals surface area (Å²) in [5.41, 5.74) is 0. The largest absolute Gasteiger partial charge is 0.394 e. The maximum atomic E-state index is 12.4. The van der Waals surface area contributed by atoms with Crippen LogP contribution in [-0.2, 0) is 4.79 Å². The molecule has 0 radical (unpaired) electrons. The smallest absolute Gasteiger partial charge is 0.220 e. The van der Waals surface area contributed by atoms with Crippen molar-refractivity contribution in [3.63, 3.8) is 0 Å². The summed E-state index contributed by atoms with van der Waals surface area (Å²) in [5, 5.41) is 33.4. The Morgan fingerprint density at radius 1 is 0.477 bits per heavy atom. The molecule has 5 nitrogen and oxygen atoms in total. The van der Waals surface area contributed by atoms with Crippen LogP contribution in [0.15, 0.2) is 0 Å². The Morgan fingerprint density at radius 3 is 1.09 bits per heavy atom. The summed E-state index contributed by atoms with van der Waals surface area (Å²) in [6.07, 6.45) is 37.7. The van der Waals surface area contributed by atoms with Crippen molar-refractivity contribution in [3.05, 3.63) is 0 Å². The average molecular weight is 626 g/mol. The molecular formula is C39H79NO4. The Labute approximate surface area is 275 Å². The zero-order chi connectivity index (χ0) is 32.4. The number of carbonyl (C=O) groups excluding carboxylic acids is 1. The number of aliphatic hydroxyl groups excluding tert-OH is 3. The third-order valence-electron chi connectivity index (χ3n) is 9.46. The van der Waals surface area contributed by atoms with E-state index < -0.39 is 18.2 Å². The van der Waals surface area contributed by atoms with Gasteiger partial charge in [0.15, 0.2) is 0 Å². The molecular weight excluding hydrogens is 546 g/mol. The molecule has 3 atom stereocenters. The maximum absolute atomic E-state index is 12.4. The molecule has 0 aromatic rings. The number of unbranched alkanes of at least 4 members (excludes halogenated alkanes) is 28. The van der Waals surface area contributed by atoms with Crippen LogP contribution in [0.5, 0.6) is 0 Å². The van der Waals surface area contributed by atoms with Crippen molar-refractivity contribution < 1.29 is 20.1 Å². The molecule has 264 valence electrons. The van der Waals surface area contributed by atoms with Crippen LogP contribution in [0.1, 0.15) is 219 Å². The Morgan fingerprint density at radius 2 is 0.773 bits per heavy atom. The van der Waals surface area contributed by atoms with Crippen LogP contribution in [0, 0.1) is 0 Å². The number of aliphatic hydroxyl groups is 3. The lowest BCUT2D eigenvalue weighted by Crippen LogP contribution is -2.50. The van der Waals surface area contributed by atoms with Gasteiger partial charge in [-0.15, -0.1) is 0 Å². The number of hydrogen-bond donors (Lipinski definition) is 4. The van der Waals surface area contributed by atoms with E-state index in [9.17, 15) is 20.1 Å². The predicted molar refractivity (Wildman–Crippen MR) is 190 cm³/mol. The Hall–Kier alpha value is -0.650. The highest BCUT2D eigenvalue weighted by atomic mass is 16.3. The van der Waals surface area contributed by atoms with Crippen molar-refractivity contribution >= 4 is 5.91 Å². The second kappa shape index (κ2) is 35.2. The van der Waals surface area contributed by atoms with Gasteiger partial charge in [0.25, 0.3) is 0 Å². The fraction of sp³-hybridized carbons (Fsp3) is 0.974. The molecule has 4 N–H and O–H groups in total. The van der Waals surface area contributed by atoms with Gasteiger partial charge in [0.1, 0.15) is 6.10 Å². The minimum absolute atomic E-state index is 0.142. The van der Waals surface area contributed by atoms with E-state index in [-0.39, 0.29) is 12.5 Å². The lowest BCUT2D eigenvalue weighted by Gasteiger charge is -2.26.